The fourth-order valence-corrected chi connectivity index (χ4v) is 7.44. The molecule has 0 unspecified atom stereocenters. The van der Waals surface area contributed by atoms with Crippen molar-refractivity contribution in [2.75, 3.05) is 6.61 Å². The van der Waals surface area contributed by atoms with Crippen LogP contribution in [0.15, 0.2) is 11.6 Å². The van der Waals surface area contributed by atoms with Crippen LogP contribution in [0, 0.1) is 34.5 Å². The van der Waals surface area contributed by atoms with Crippen molar-refractivity contribution in [2.24, 2.45) is 34.5 Å². The molecule has 0 bridgehead atoms. The number of rotatable bonds is 2. The van der Waals surface area contributed by atoms with Gasteiger partial charge in [0.15, 0.2) is 0 Å². The number of aliphatic hydroxyl groups is 3. The minimum absolute atomic E-state index is 0.0965. The number of aliphatic hydroxyl groups excluding tert-OH is 3. The van der Waals surface area contributed by atoms with E-state index in [0.29, 0.717) is 5.92 Å². The van der Waals surface area contributed by atoms with E-state index in [2.05, 4.69) is 19.9 Å². The first kappa shape index (κ1) is 17.1. The maximum absolute atomic E-state index is 10.3. The van der Waals surface area contributed by atoms with Gasteiger partial charge in [0, 0.05) is 0 Å². The summed E-state index contributed by atoms with van der Waals surface area (Å²) in [5.74, 6) is 2.42. The van der Waals surface area contributed by atoms with E-state index in [-0.39, 0.29) is 29.5 Å². The molecule has 0 amide bonds. The highest BCUT2D eigenvalue weighted by molar-refractivity contribution is 5.25. The topological polar surface area (TPSA) is 60.7 Å². The summed E-state index contributed by atoms with van der Waals surface area (Å²) in [6.45, 7) is 4.75. The maximum atomic E-state index is 10.3. The quantitative estimate of drug-likeness (QED) is 0.679. The van der Waals surface area contributed by atoms with Crippen LogP contribution in [0.25, 0.3) is 0 Å². The second kappa shape index (κ2) is 5.82. The molecule has 3 N–H and O–H groups in total. The molecule has 4 aliphatic carbocycles. The van der Waals surface area contributed by atoms with Crippen molar-refractivity contribution in [3.05, 3.63) is 11.6 Å². The molecule has 0 heterocycles. The van der Waals surface area contributed by atoms with Gasteiger partial charge in [-0.1, -0.05) is 25.5 Å². The zero-order valence-electron chi connectivity index (χ0n) is 15.2. The number of hydrogen-bond acceptors (Lipinski definition) is 3. The van der Waals surface area contributed by atoms with Gasteiger partial charge >= 0.3 is 0 Å². The summed E-state index contributed by atoms with van der Waals surface area (Å²) in [4.78, 5) is 0. The number of hydrogen-bond donors (Lipinski definition) is 3. The van der Waals surface area contributed by atoms with Gasteiger partial charge in [0.2, 0.25) is 0 Å². The monoisotopic (exact) mass is 334 g/mol. The van der Waals surface area contributed by atoms with Crippen LogP contribution in [0.4, 0.5) is 0 Å². The van der Waals surface area contributed by atoms with Crippen molar-refractivity contribution in [2.45, 2.75) is 77.4 Å². The maximum Gasteiger partial charge on any atom is 0.0804 e. The Morgan fingerprint density at radius 1 is 1.12 bits per heavy atom. The average molecular weight is 335 g/mol. The summed E-state index contributed by atoms with van der Waals surface area (Å²) in [7, 11) is 0. The smallest absolute Gasteiger partial charge is 0.0804 e. The number of fused-ring (bicyclic) bond motifs is 5. The Morgan fingerprint density at radius 2 is 1.92 bits per heavy atom. The molecule has 4 rings (SSSR count). The molecule has 3 heteroatoms. The Labute approximate surface area is 146 Å². The summed E-state index contributed by atoms with van der Waals surface area (Å²) < 4.78 is 0. The largest absolute Gasteiger partial charge is 0.394 e. The van der Waals surface area contributed by atoms with E-state index in [0.717, 1.165) is 43.9 Å². The van der Waals surface area contributed by atoms with E-state index in [4.69, 9.17) is 0 Å². The van der Waals surface area contributed by atoms with Gasteiger partial charge in [0.05, 0.1) is 18.8 Å². The van der Waals surface area contributed by atoms with Gasteiger partial charge in [0.1, 0.15) is 0 Å². The molecule has 4 aliphatic rings. The highest BCUT2D eigenvalue weighted by Gasteiger charge is 2.59. The van der Waals surface area contributed by atoms with E-state index >= 15 is 0 Å². The molecule has 0 aromatic heterocycles. The van der Waals surface area contributed by atoms with Crippen molar-refractivity contribution in [3.8, 4) is 0 Å². The summed E-state index contributed by atoms with van der Waals surface area (Å²) in [6, 6.07) is 0. The van der Waals surface area contributed by atoms with Gasteiger partial charge in [-0.25, -0.2) is 0 Å². The van der Waals surface area contributed by atoms with Crippen LogP contribution < -0.4 is 0 Å². The lowest BCUT2D eigenvalue weighted by molar-refractivity contribution is -0.0779. The Balaban J connectivity index is 1.63. The molecule has 0 aromatic rings. The second-order valence-electron chi connectivity index (χ2n) is 9.63. The third kappa shape index (κ3) is 2.27. The normalized spacial score (nSPS) is 52.0. The first-order valence-corrected chi connectivity index (χ1v) is 10.1. The van der Waals surface area contributed by atoms with Gasteiger partial charge in [-0.05, 0) is 85.9 Å². The average Bonchev–Trinajstić information content (AvgIpc) is 2.92. The van der Waals surface area contributed by atoms with Gasteiger partial charge in [0.25, 0.3) is 0 Å². The highest BCUT2D eigenvalue weighted by atomic mass is 16.3. The molecule has 3 fully saturated rings. The lowest BCUT2D eigenvalue weighted by Gasteiger charge is -2.58. The highest BCUT2D eigenvalue weighted by Crippen LogP contribution is 2.66. The van der Waals surface area contributed by atoms with Crippen LogP contribution in [0.2, 0.25) is 0 Å². The van der Waals surface area contributed by atoms with E-state index in [9.17, 15) is 15.3 Å². The van der Waals surface area contributed by atoms with Gasteiger partial charge in [-0.2, -0.15) is 0 Å². The van der Waals surface area contributed by atoms with Crippen LogP contribution in [0.1, 0.15) is 65.2 Å². The third-order valence-corrected chi connectivity index (χ3v) is 8.80. The Kier molecular flexibility index (Phi) is 4.14. The molecule has 3 nitrogen and oxygen atoms in total. The van der Waals surface area contributed by atoms with E-state index in [1.807, 2.05) is 0 Å². The first-order chi connectivity index (χ1) is 11.4. The summed E-state index contributed by atoms with van der Waals surface area (Å²) in [5, 5.41) is 29.9. The molecule has 136 valence electrons. The van der Waals surface area contributed by atoms with E-state index < -0.39 is 6.10 Å². The lowest BCUT2D eigenvalue weighted by atomic mass is 9.47. The molecule has 0 aromatic carbocycles. The molecule has 0 aliphatic heterocycles. The zero-order chi connectivity index (χ0) is 17.1. The van der Waals surface area contributed by atoms with Gasteiger partial charge in [-0.15, -0.1) is 0 Å². The molecule has 0 spiro atoms. The molecule has 8 atom stereocenters. The minimum atomic E-state index is -0.549. The predicted molar refractivity (Wildman–Crippen MR) is 94.3 cm³/mol. The van der Waals surface area contributed by atoms with Crippen molar-refractivity contribution in [3.63, 3.8) is 0 Å². The molecular formula is C21H34O3. The molecule has 3 saturated carbocycles. The van der Waals surface area contributed by atoms with E-state index in [1.54, 1.807) is 0 Å². The molecule has 0 radical (unpaired) electrons. The standard InChI is InChI=1S/C21H34O3/c1-20-9-7-14(23)11-13(20)3-4-15-16-5-6-18(19(24)12-22)21(16,2)10-8-17(15)20/h3,14-19,22-24H,4-12H2,1-2H3/t14-,15+,16+,17+,18-,19+,20+,21+/m1/s1. The Morgan fingerprint density at radius 3 is 2.67 bits per heavy atom. The van der Waals surface area contributed by atoms with Crippen LogP contribution in [0.3, 0.4) is 0 Å². The van der Waals surface area contributed by atoms with Gasteiger partial charge < -0.3 is 15.3 Å². The molecule has 0 saturated heterocycles. The van der Waals surface area contributed by atoms with Gasteiger partial charge in [-0.3, -0.25) is 0 Å². The Bertz CT molecular complexity index is 529. The second-order valence-corrected chi connectivity index (χ2v) is 9.63. The fourth-order valence-electron chi connectivity index (χ4n) is 7.44. The number of allylic oxidation sites excluding steroid dienone is 1. The predicted octanol–water partition coefficient (Wildman–Crippen LogP) is 3.28. The molecule has 24 heavy (non-hydrogen) atoms. The van der Waals surface area contributed by atoms with Crippen molar-refractivity contribution < 1.29 is 15.3 Å². The summed E-state index contributed by atoms with van der Waals surface area (Å²) in [6.07, 6.45) is 10.6. The molecular weight excluding hydrogens is 300 g/mol. The van der Waals surface area contributed by atoms with Crippen molar-refractivity contribution in [1.82, 2.24) is 0 Å². The summed E-state index contributed by atoms with van der Waals surface area (Å²) in [5.41, 5.74) is 2.01. The van der Waals surface area contributed by atoms with Crippen LogP contribution >= 0.6 is 0 Å². The third-order valence-electron chi connectivity index (χ3n) is 8.80. The van der Waals surface area contributed by atoms with Crippen molar-refractivity contribution in [1.29, 1.82) is 0 Å². The SMILES string of the molecule is C[C@]12CC[C@H]3[C@@H](CC=C4C[C@H](O)CC[C@@]43C)[C@@H]1CC[C@@H]2[C@@H](O)CO. The van der Waals surface area contributed by atoms with Crippen LogP contribution in [-0.4, -0.2) is 34.1 Å². The zero-order valence-corrected chi connectivity index (χ0v) is 15.2. The lowest BCUT2D eigenvalue weighted by Crippen LogP contribution is -2.51. The van der Waals surface area contributed by atoms with Crippen LogP contribution in [-0.2, 0) is 0 Å². The van der Waals surface area contributed by atoms with Crippen LogP contribution in [0.5, 0.6) is 0 Å². The van der Waals surface area contributed by atoms with E-state index in [1.165, 1.54) is 24.8 Å². The summed E-state index contributed by atoms with van der Waals surface area (Å²) >= 11 is 0. The Hall–Kier alpha value is -0.380. The first-order valence-electron chi connectivity index (χ1n) is 10.1. The fraction of sp³-hybridized carbons (Fsp3) is 0.905. The minimum Gasteiger partial charge on any atom is -0.394 e. The van der Waals surface area contributed by atoms with Crippen molar-refractivity contribution >= 4 is 0 Å².